The molecule has 0 aliphatic carbocycles. The highest BCUT2D eigenvalue weighted by Crippen LogP contribution is 1.77. The van der Waals surface area contributed by atoms with Crippen LogP contribution >= 0.6 is 0 Å². The van der Waals surface area contributed by atoms with Gasteiger partial charge >= 0.3 is 0 Å². The molecule has 0 aromatic rings. The van der Waals surface area contributed by atoms with E-state index in [1.165, 1.54) is 0 Å². The Morgan fingerprint density at radius 3 is 2.50 bits per heavy atom. The smallest absolute Gasteiger partial charge is 0.0916 e. The number of hydrogen-bond acceptors (Lipinski definition) is 1. The summed E-state index contributed by atoms with van der Waals surface area (Å²) in [7, 11) is 1.57. The van der Waals surface area contributed by atoms with E-state index >= 15 is 0 Å². The van der Waals surface area contributed by atoms with Gasteiger partial charge in [-0.1, -0.05) is 0 Å². The van der Waals surface area contributed by atoms with Gasteiger partial charge < -0.3 is 4.74 Å². The fraction of sp³-hybridized carbons (Fsp3) is 1.00. The van der Waals surface area contributed by atoms with Crippen molar-refractivity contribution in [2.24, 2.45) is 0 Å². The Bertz CT molecular complexity index is 19.5. The zero-order valence-electron chi connectivity index (χ0n) is 3.91. The van der Waals surface area contributed by atoms with Crippen molar-refractivity contribution in [2.45, 2.75) is 6.42 Å². The van der Waals surface area contributed by atoms with Gasteiger partial charge in [-0.15, -0.1) is 0 Å². The van der Waals surface area contributed by atoms with Gasteiger partial charge in [0.05, 0.1) is 6.67 Å². The molecule has 0 aliphatic rings. The van der Waals surface area contributed by atoms with Crippen LogP contribution < -0.4 is 0 Å². The molecule has 0 aromatic heterocycles. The van der Waals surface area contributed by atoms with Crippen LogP contribution in [0.1, 0.15) is 6.42 Å². The van der Waals surface area contributed by atoms with E-state index < -0.39 is 0 Å². The standard InChI is InChI=1S/C4H9FO/c1-6-4-2-3-5/h2-4H2,1H3. The average Bonchev–Trinajstić information content (AvgIpc) is 1.61. The first kappa shape index (κ1) is 5.89. The fourth-order valence-electron chi connectivity index (χ4n) is 0.199. The van der Waals surface area contributed by atoms with E-state index in [0.717, 1.165) is 0 Å². The Morgan fingerprint density at radius 2 is 2.33 bits per heavy atom. The predicted octanol–water partition coefficient (Wildman–Crippen LogP) is 0.992. The Morgan fingerprint density at radius 1 is 1.67 bits per heavy atom. The molecule has 0 N–H and O–H groups in total. The van der Waals surface area contributed by atoms with Crippen LogP contribution in [0.15, 0.2) is 0 Å². The third-order valence-electron chi connectivity index (χ3n) is 0.482. The van der Waals surface area contributed by atoms with Crippen LogP contribution in [-0.2, 0) is 4.74 Å². The average molecular weight is 92.1 g/mol. The Balaban J connectivity index is 2.34. The van der Waals surface area contributed by atoms with Gasteiger partial charge in [0.1, 0.15) is 0 Å². The maximum absolute atomic E-state index is 11.1. The number of rotatable bonds is 3. The summed E-state index contributed by atoms with van der Waals surface area (Å²) in [4.78, 5) is 0. The molecule has 0 radical (unpaired) electrons. The van der Waals surface area contributed by atoms with Crippen molar-refractivity contribution in [2.75, 3.05) is 20.4 Å². The normalized spacial score (nSPS) is 9.00. The van der Waals surface area contributed by atoms with Crippen molar-refractivity contribution >= 4 is 0 Å². The molecule has 0 amide bonds. The van der Waals surface area contributed by atoms with E-state index in [9.17, 15) is 4.39 Å². The highest BCUT2D eigenvalue weighted by atomic mass is 19.1. The van der Waals surface area contributed by atoms with Gasteiger partial charge in [-0.3, -0.25) is 4.39 Å². The minimum absolute atomic E-state index is 0.270. The van der Waals surface area contributed by atoms with E-state index in [-0.39, 0.29) is 6.67 Å². The van der Waals surface area contributed by atoms with Gasteiger partial charge in [0.15, 0.2) is 0 Å². The highest BCUT2D eigenvalue weighted by molar-refractivity contribution is 4.26. The number of ether oxygens (including phenoxy) is 1. The summed E-state index contributed by atoms with van der Waals surface area (Å²) in [6.45, 7) is 0.268. The fourth-order valence-corrected chi connectivity index (χ4v) is 0.199. The molecule has 0 aromatic carbocycles. The van der Waals surface area contributed by atoms with E-state index in [2.05, 4.69) is 4.74 Å². The molecule has 0 saturated heterocycles. The van der Waals surface area contributed by atoms with Gasteiger partial charge in [-0.05, 0) is 6.42 Å². The molecule has 0 bridgehead atoms. The monoisotopic (exact) mass is 92.1 g/mol. The largest absolute Gasteiger partial charge is 0.385 e. The van der Waals surface area contributed by atoms with Crippen molar-refractivity contribution in [3.8, 4) is 0 Å². The number of hydrogen-bond donors (Lipinski definition) is 0. The number of halogens is 1. The third kappa shape index (κ3) is 3.89. The Labute approximate surface area is 37.1 Å². The second kappa shape index (κ2) is 4.89. The zero-order chi connectivity index (χ0) is 4.83. The Hall–Kier alpha value is -0.110. The van der Waals surface area contributed by atoms with Crippen molar-refractivity contribution < 1.29 is 9.13 Å². The summed E-state index contributed by atoms with van der Waals surface area (Å²) in [5.74, 6) is 0. The van der Waals surface area contributed by atoms with E-state index in [1.54, 1.807) is 7.11 Å². The van der Waals surface area contributed by atoms with Gasteiger partial charge in [0.25, 0.3) is 0 Å². The van der Waals surface area contributed by atoms with Crippen LogP contribution in [0.3, 0.4) is 0 Å². The first-order valence-electron chi connectivity index (χ1n) is 1.96. The van der Waals surface area contributed by atoms with Crippen LogP contribution in [0.5, 0.6) is 0 Å². The van der Waals surface area contributed by atoms with Crippen LogP contribution in [0.25, 0.3) is 0 Å². The van der Waals surface area contributed by atoms with Gasteiger partial charge in [0, 0.05) is 13.7 Å². The lowest BCUT2D eigenvalue weighted by Gasteiger charge is -1.87. The maximum Gasteiger partial charge on any atom is 0.0916 e. The van der Waals surface area contributed by atoms with Crippen LogP contribution in [0.4, 0.5) is 4.39 Å². The molecule has 0 aliphatic heterocycles. The van der Waals surface area contributed by atoms with E-state index in [0.29, 0.717) is 13.0 Å². The minimum Gasteiger partial charge on any atom is -0.385 e. The molecule has 0 saturated carbocycles. The first-order valence-corrected chi connectivity index (χ1v) is 1.96. The molecule has 6 heavy (non-hydrogen) atoms. The van der Waals surface area contributed by atoms with Crippen molar-refractivity contribution in [3.63, 3.8) is 0 Å². The molecule has 0 heterocycles. The quantitative estimate of drug-likeness (QED) is 0.472. The SMILES string of the molecule is COCCCF. The molecule has 0 spiro atoms. The topological polar surface area (TPSA) is 9.23 Å². The molecule has 0 unspecified atom stereocenters. The first-order chi connectivity index (χ1) is 2.91. The van der Waals surface area contributed by atoms with Gasteiger partial charge in [-0.2, -0.15) is 0 Å². The minimum atomic E-state index is -0.270. The summed E-state index contributed by atoms with van der Waals surface area (Å²) in [5.41, 5.74) is 0. The van der Waals surface area contributed by atoms with Crippen molar-refractivity contribution in [1.29, 1.82) is 0 Å². The molecule has 2 heteroatoms. The lowest BCUT2D eigenvalue weighted by molar-refractivity contribution is 0.186. The molecule has 38 valence electrons. The van der Waals surface area contributed by atoms with Crippen LogP contribution in [0.2, 0.25) is 0 Å². The van der Waals surface area contributed by atoms with E-state index in [4.69, 9.17) is 0 Å². The predicted molar refractivity (Wildman–Crippen MR) is 22.5 cm³/mol. The molecular weight excluding hydrogens is 83.0 g/mol. The van der Waals surface area contributed by atoms with Crippen molar-refractivity contribution in [3.05, 3.63) is 0 Å². The summed E-state index contributed by atoms with van der Waals surface area (Å²) < 4.78 is 15.6. The van der Waals surface area contributed by atoms with Gasteiger partial charge in [-0.25, -0.2) is 0 Å². The zero-order valence-corrected chi connectivity index (χ0v) is 3.91. The molecule has 0 rings (SSSR count). The molecular formula is C4H9FO. The Kier molecular flexibility index (Phi) is 4.80. The third-order valence-corrected chi connectivity index (χ3v) is 0.482. The van der Waals surface area contributed by atoms with Crippen molar-refractivity contribution in [1.82, 2.24) is 0 Å². The number of methoxy groups -OCH3 is 1. The molecule has 0 atom stereocenters. The lowest BCUT2D eigenvalue weighted by Crippen LogP contribution is -1.87. The second-order valence-electron chi connectivity index (χ2n) is 1.04. The van der Waals surface area contributed by atoms with Crippen LogP contribution in [-0.4, -0.2) is 20.4 Å². The summed E-state index contributed by atoms with van der Waals surface area (Å²) in [6, 6.07) is 0. The van der Waals surface area contributed by atoms with E-state index in [1.807, 2.05) is 0 Å². The summed E-state index contributed by atoms with van der Waals surface area (Å²) in [5, 5.41) is 0. The summed E-state index contributed by atoms with van der Waals surface area (Å²) in [6.07, 6.45) is 0.524. The summed E-state index contributed by atoms with van der Waals surface area (Å²) >= 11 is 0. The molecule has 1 nitrogen and oxygen atoms in total. The highest BCUT2D eigenvalue weighted by Gasteiger charge is 1.77. The molecule has 0 fully saturated rings. The van der Waals surface area contributed by atoms with Crippen LogP contribution in [0, 0.1) is 0 Å². The second-order valence-corrected chi connectivity index (χ2v) is 1.04. The number of alkyl halides is 1. The van der Waals surface area contributed by atoms with Gasteiger partial charge in [0.2, 0.25) is 0 Å². The lowest BCUT2D eigenvalue weighted by atomic mass is 10.5. The maximum atomic E-state index is 11.1.